The molecule has 0 aliphatic rings. The summed E-state index contributed by atoms with van der Waals surface area (Å²) in [5.74, 6) is 0.0832. The van der Waals surface area contributed by atoms with E-state index in [4.69, 9.17) is 27.4 Å². The van der Waals surface area contributed by atoms with Crippen LogP contribution in [0.2, 0.25) is 10.0 Å². The summed E-state index contributed by atoms with van der Waals surface area (Å²) in [4.78, 5) is 4.04. The molecule has 1 aromatic heterocycles. The van der Waals surface area contributed by atoms with Crippen LogP contribution in [0.15, 0.2) is 56.4 Å². The molecule has 0 unspecified atom stereocenters. The second-order valence-electron chi connectivity index (χ2n) is 4.68. The Kier molecular flexibility index (Phi) is 5.09. The molecule has 0 atom stereocenters. The van der Waals surface area contributed by atoms with Gasteiger partial charge in [-0.2, -0.15) is 8.42 Å². The van der Waals surface area contributed by atoms with Gasteiger partial charge in [-0.1, -0.05) is 45.2 Å². The third kappa shape index (κ3) is 3.41. The highest BCUT2D eigenvalue weighted by atomic mass is 79.9. The van der Waals surface area contributed by atoms with Gasteiger partial charge in [-0.15, -0.1) is 0 Å². The molecule has 3 aromatic rings. The van der Waals surface area contributed by atoms with Gasteiger partial charge in [0, 0.05) is 21.1 Å². The van der Waals surface area contributed by atoms with Gasteiger partial charge in [-0.3, -0.25) is 4.98 Å². The third-order valence-corrected chi connectivity index (χ3v) is 6.29. The SMILES string of the molecule is O=S(=O)(Oc1c(Br)cc(Br)c2cccnc12)c1ccc(Cl)cc1Cl. The molecule has 0 bridgehead atoms. The van der Waals surface area contributed by atoms with Crippen LogP contribution < -0.4 is 4.18 Å². The Labute approximate surface area is 165 Å². The van der Waals surface area contributed by atoms with E-state index >= 15 is 0 Å². The molecule has 4 nitrogen and oxygen atoms in total. The van der Waals surface area contributed by atoms with E-state index in [-0.39, 0.29) is 15.7 Å². The largest absolute Gasteiger partial charge is 0.375 e. The predicted octanol–water partition coefficient (Wildman–Crippen LogP) is 5.83. The van der Waals surface area contributed by atoms with Crippen LogP contribution in [0.5, 0.6) is 5.75 Å². The van der Waals surface area contributed by atoms with Crippen LogP contribution in [-0.2, 0) is 10.1 Å². The first kappa shape index (κ1) is 17.9. The van der Waals surface area contributed by atoms with Crippen molar-refractivity contribution in [1.82, 2.24) is 4.98 Å². The fraction of sp³-hybridized carbons (Fsp3) is 0. The second kappa shape index (κ2) is 6.80. The zero-order chi connectivity index (χ0) is 17.5. The van der Waals surface area contributed by atoms with E-state index < -0.39 is 10.1 Å². The quantitative estimate of drug-likeness (QED) is 0.415. The maximum absolute atomic E-state index is 12.6. The lowest BCUT2D eigenvalue weighted by molar-refractivity contribution is 0.487. The zero-order valence-corrected chi connectivity index (χ0v) is 17.1. The minimum atomic E-state index is -4.16. The van der Waals surface area contributed by atoms with Crippen LogP contribution in [0.3, 0.4) is 0 Å². The number of fused-ring (bicyclic) bond motifs is 1. The smallest absolute Gasteiger partial charge is 0.340 e. The monoisotopic (exact) mass is 509 g/mol. The molecule has 3 rings (SSSR count). The molecule has 24 heavy (non-hydrogen) atoms. The highest BCUT2D eigenvalue weighted by Crippen LogP contribution is 2.39. The minimum absolute atomic E-state index is 0.0204. The van der Waals surface area contributed by atoms with Crippen molar-refractivity contribution in [1.29, 1.82) is 0 Å². The molecule has 0 N–H and O–H groups in total. The first-order chi connectivity index (χ1) is 11.3. The van der Waals surface area contributed by atoms with Crippen LogP contribution in [0, 0.1) is 0 Å². The molecule has 0 radical (unpaired) electrons. The first-order valence-corrected chi connectivity index (χ1v) is 10.2. The normalized spacial score (nSPS) is 11.7. The number of benzene rings is 2. The van der Waals surface area contributed by atoms with Crippen LogP contribution in [-0.4, -0.2) is 13.4 Å². The van der Waals surface area contributed by atoms with Crippen LogP contribution in [0.4, 0.5) is 0 Å². The van der Waals surface area contributed by atoms with Crippen molar-refractivity contribution < 1.29 is 12.6 Å². The number of hydrogen-bond acceptors (Lipinski definition) is 4. The molecule has 1 heterocycles. The number of aromatic nitrogens is 1. The predicted molar refractivity (Wildman–Crippen MR) is 101 cm³/mol. The standard InChI is InChI=1S/C15H7Br2Cl2NO3S/c16-10-7-11(17)15(14-9(10)2-1-5-20-14)23-24(21,22)13-4-3-8(18)6-12(13)19/h1-7H. The second-order valence-corrected chi connectivity index (χ2v) is 8.75. The van der Waals surface area contributed by atoms with Gasteiger partial charge < -0.3 is 4.18 Å². The van der Waals surface area contributed by atoms with Gasteiger partial charge in [-0.25, -0.2) is 0 Å². The Bertz CT molecular complexity index is 1060. The van der Waals surface area contributed by atoms with Crippen LogP contribution >= 0.6 is 55.1 Å². The van der Waals surface area contributed by atoms with Gasteiger partial charge in [0.1, 0.15) is 10.4 Å². The first-order valence-electron chi connectivity index (χ1n) is 6.42. The Morgan fingerprint density at radius 2 is 1.79 bits per heavy atom. The summed E-state index contributed by atoms with van der Waals surface area (Å²) >= 11 is 18.5. The number of hydrogen-bond donors (Lipinski definition) is 0. The molecule has 9 heteroatoms. The van der Waals surface area contributed by atoms with Gasteiger partial charge in [-0.05, 0) is 46.3 Å². The van der Waals surface area contributed by atoms with Gasteiger partial charge in [0.15, 0.2) is 5.75 Å². The summed E-state index contributed by atoms with van der Waals surface area (Å²) in [6.45, 7) is 0. The molecule has 0 spiro atoms. The van der Waals surface area contributed by atoms with Crippen molar-refractivity contribution in [2.75, 3.05) is 0 Å². The van der Waals surface area contributed by atoms with E-state index in [0.717, 1.165) is 4.47 Å². The highest BCUT2D eigenvalue weighted by Gasteiger charge is 2.24. The van der Waals surface area contributed by atoms with Crippen molar-refractivity contribution in [3.05, 3.63) is 61.6 Å². The Balaban J connectivity index is 2.16. The number of nitrogens with zero attached hydrogens (tertiary/aromatic N) is 1. The number of rotatable bonds is 3. The fourth-order valence-electron chi connectivity index (χ4n) is 2.06. The summed E-state index contributed by atoms with van der Waals surface area (Å²) in [7, 11) is -4.16. The summed E-state index contributed by atoms with van der Waals surface area (Å²) in [6, 6.07) is 9.30. The number of pyridine rings is 1. The van der Waals surface area contributed by atoms with Gasteiger partial charge in [0.25, 0.3) is 0 Å². The van der Waals surface area contributed by atoms with Crippen molar-refractivity contribution in [3.8, 4) is 5.75 Å². The van der Waals surface area contributed by atoms with E-state index in [0.29, 0.717) is 20.4 Å². The lowest BCUT2D eigenvalue weighted by Crippen LogP contribution is -2.11. The van der Waals surface area contributed by atoms with E-state index in [1.807, 2.05) is 0 Å². The van der Waals surface area contributed by atoms with E-state index in [1.54, 1.807) is 24.4 Å². The molecule has 2 aromatic carbocycles. The molecule has 0 aliphatic heterocycles. The Hall–Kier alpha value is -0.860. The molecule has 0 saturated carbocycles. The molecular weight excluding hydrogens is 505 g/mol. The average molecular weight is 512 g/mol. The van der Waals surface area contributed by atoms with Gasteiger partial charge >= 0.3 is 10.1 Å². The topological polar surface area (TPSA) is 56.3 Å². The van der Waals surface area contributed by atoms with Crippen molar-refractivity contribution in [2.24, 2.45) is 0 Å². The molecule has 0 aliphatic carbocycles. The maximum atomic E-state index is 12.6. The van der Waals surface area contributed by atoms with Crippen molar-refractivity contribution in [2.45, 2.75) is 4.90 Å². The fourth-order valence-corrected chi connectivity index (χ4v) is 5.22. The Morgan fingerprint density at radius 1 is 1.04 bits per heavy atom. The van der Waals surface area contributed by atoms with Crippen LogP contribution in [0.1, 0.15) is 0 Å². The van der Waals surface area contributed by atoms with Gasteiger partial charge in [0.05, 0.1) is 9.50 Å². The lowest BCUT2D eigenvalue weighted by atomic mass is 10.2. The Morgan fingerprint density at radius 3 is 2.50 bits per heavy atom. The molecule has 124 valence electrons. The minimum Gasteiger partial charge on any atom is -0.375 e. The summed E-state index contributed by atoms with van der Waals surface area (Å²) in [6.07, 6.45) is 1.55. The molecule has 0 saturated heterocycles. The average Bonchev–Trinajstić information content (AvgIpc) is 2.51. The summed E-state index contributed by atoms with van der Waals surface area (Å²) in [5.41, 5.74) is 0.396. The lowest BCUT2D eigenvalue weighted by Gasteiger charge is -2.12. The van der Waals surface area contributed by atoms with E-state index in [9.17, 15) is 8.42 Å². The molecule has 0 fully saturated rings. The summed E-state index contributed by atoms with van der Waals surface area (Å²) in [5, 5.41) is 1.02. The highest BCUT2D eigenvalue weighted by molar-refractivity contribution is 9.11. The van der Waals surface area contributed by atoms with Crippen molar-refractivity contribution >= 4 is 76.1 Å². The summed E-state index contributed by atoms with van der Waals surface area (Å²) < 4.78 is 31.7. The van der Waals surface area contributed by atoms with E-state index in [1.165, 1.54) is 18.2 Å². The number of halogens is 4. The van der Waals surface area contributed by atoms with Crippen molar-refractivity contribution in [3.63, 3.8) is 0 Å². The zero-order valence-electron chi connectivity index (χ0n) is 11.6. The van der Waals surface area contributed by atoms with Gasteiger partial charge in [0.2, 0.25) is 0 Å². The third-order valence-electron chi connectivity index (χ3n) is 3.11. The molecular formula is C15H7Br2Cl2NO3S. The molecule has 0 amide bonds. The van der Waals surface area contributed by atoms with E-state index in [2.05, 4.69) is 36.8 Å². The van der Waals surface area contributed by atoms with Crippen LogP contribution in [0.25, 0.3) is 10.9 Å². The maximum Gasteiger partial charge on any atom is 0.340 e.